The van der Waals surface area contributed by atoms with Crippen LogP contribution in [0.4, 0.5) is 11.4 Å². The molecule has 9 heteroatoms. The van der Waals surface area contributed by atoms with Gasteiger partial charge in [-0.1, -0.05) is 36.4 Å². The average molecular weight is 501 g/mol. The van der Waals surface area contributed by atoms with E-state index in [1.54, 1.807) is 38.0 Å². The number of methoxy groups -OCH3 is 3. The first-order chi connectivity index (χ1) is 17.5. The van der Waals surface area contributed by atoms with Gasteiger partial charge in [0.1, 0.15) is 0 Å². The minimum Gasteiger partial charge on any atom is -0.493 e. The number of hydrogen-bond acceptors (Lipinski definition) is 7. The number of fused-ring (bicyclic) bond motifs is 1. The van der Waals surface area contributed by atoms with Crippen molar-refractivity contribution in [3.63, 3.8) is 0 Å². The highest BCUT2D eigenvalue weighted by Gasteiger charge is 2.32. The molecule has 0 bridgehead atoms. The summed E-state index contributed by atoms with van der Waals surface area (Å²) < 4.78 is 18.3. The van der Waals surface area contributed by atoms with Gasteiger partial charge in [-0.2, -0.15) is 5.10 Å². The number of para-hydroxylation sites is 2. The highest BCUT2D eigenvalue weighted by Crippen LogP contribution is 2.41. The van der Waals surface area contributed by atoms with Gasteiger partial charge in [-0.05, 0) is 30.3 Å². The highest BCUT2D eigenvalue weighted by molar-refractivity contribution is 7.07. The SMILES string of the molecule is COc1cc(-c2csc(=Nc3ccccc3)n2N=C2C(=O)N(C)c3ccccc32)cc(OC)c1OC. The third-order valence-electron chi connectivity index (χ3n) is 5.85. The van der Waals surface area contributed by atoms with E-state index in [1.165, 1.54) is 11.3 Å². The molecule has 1 aliphatic rings. The molecule has 1 aromatic heterocycles. The average Bonchev–Trinajstić information content (AvgIpc) is 3.42. The summed E-state index contributed by atoms with van der Waals surface area (Å²) in [4.78, 5) is 20.2. The van der Waals surface area contributed by atoms with Crippen LogP contribution >= 0.6 is 11.3 Å². The Morgan fingerprint density at radius 1 is 0.861 bits per heavy atom. The number of carbonyl (C=O) groups is 1. The van der Waals surface area contributed by atoms with Gasteiger partial charge in [-0.25, -0.2) is 9.67 Å². The van der Waals surface area contributed by atoms with Crippen LogP contribution in [0.1, 0.15) is 5.56 Å². The van der Waals surface area contributed by atoms with E-state index in [4.69, 9.17) is 24.3 Å². The molecular weight excluding hydrogens is 476 g/mol. The highest BCUT2D eigenvalue weighted by atomic mass is 32.1. The van der Waals surface area contributed by atoms with Crippen molar-refractivity contribution in [1.82, 2.24) is 4.68 Å². The maximum Gasteiger partial charge on any atom is 0.279 e. The van der Waals surface area contributed by atoms with E-state index in [-0.39, 0.29) is 5.91 Å². The number of ether oxygens (including phenoxy) is 3. The van der Waals surface area contributed by atoms with E-state index in [9.17, 15) is 4.79 Å². The van der Waals surface area contributed by atoms with Gasteiger partial charge in [0, 0.05) is 23.6 Å². The predicted octanol–water partition coefficient (Wildman–Crippen LogP) is 4.70. The Morgan fingerprint density at radius 3 is 2.19 bits per heavy atom. The van der Waals surface area contributed by atoms with E-state index in [1.807, 2.05) is 72.1 Å². The number of likely N-dealkylation sites (N-methyl/N-ethyl adjacent to an activating group) is 1. The molecule has 0 spiro atoms. The number of benzene rings is 3. The van der Waals surface area contributed by atoms with Gasteiger partial charge in [0.15, 0.2) is 17.2 Å². The third kappa shape index (κ3) is 4.03. The summed E-state index contributed by atoms with van der Waals surface area (Å²) in [6, 6.07) is 20.9. The van der Waals surface area contributed by atoms with Crippen LogP contribution in [0.3, 0.4) is 0 Å². The molecule has 0 N–H and O–H groups in total. The molecular formula is C27H24N4O4S. The van der Waals surface area contributed by atoms with Crippen molar-refractivity contribution in [2.45, 2.75) is 0 Å². The minimum absolute atomic E-state index is 0.184. The smallest absolute Gasteiger partial charge is 0.279 e. The quantitative estimate of drug-likeness (QED) is 0.384. The fourth-order valence-electron chi connectivity index (χ4n) is 4.06. The van der Waals surface area contributed by atoms with E-state index in [0.717, 1.165) is 28.2 Å². The van der Waals surface area contributed by atoms with Gasteiger partial charge in [0.2, 0.25) is 10.6 Å². The molecule has 4 aromatic rings. The van der Waals surface area contributed by atoms with Crippen molar-refractivity contribution < 1.29 is 19.0 Å². The number of thiazole rings is 1. The maximum atomic E-state index is 13.2. The fraction of sp³-hybridized carbons (Fsp3) is 0.148. The van der Waals surface area contributed by atoms with Crippen molar-refractivity contribution in [2.24, 2.45) is 10.1 Å². The normalized spacial score (nSPS) is 14.3. The zero-order chi connectivity index (χ0) is 25.2. The molecule has 5 rings (SSSR count). The second-order valence-electron chi connectivity index (χ2n) is 7.91. The fourth-order valence-corrected chi connectivity index (χ4v) is 4.91. The van der Waals surface area contributed by atoms with Crippen molar-refractivity contribution in [1.29, 1.82) is 0 Å². The van der Waals surface area contributed by atoms with Crippen LogP contribution in [0.5, 0.6) is 17.2 Å². The van der Waals surface area contributed by atoms with E-state index in [2.05, 4.69) is 0 Å². The number of hydrogen-bond donors (Lipinski definition) is 0. The summed E-state index contributed by atoms with van der Waals surface area (Å²) in [6.07, 6.45) is 0. The summed E-state index contributed by atoms with van der Waals surface area (Å²) in [7, 11) is 6.46. The summed E-state index contributed by atoms with van der Waals surface area (Å²) in [5.74, 6) is 1.34. The standard InChI is InChI=1S/C27H24N4O4S/c1-30-20-13-9-8-12-19(20)24(26(30)32)29-31-21(16-36-27(31)28-18-10-6-5-7-11-18)17-14-22(33-2)25(35-4)23(15-17)34-3/h5-16H,1-4H3. The molecule has 0 aliphatic carbocycles. The Morgan fingerprint density at radius 2 is 1.53 bits per heavy atom. The molecule has 0 atom stereocenters. The number of carbonyl (C=O) groups excluding carboxylic acids is 1. The third-order valence-corrected chi connectivity index (χ3v) is 6.67. The molecule has 1 amide bonds. The first kappa shape index (κ1) is 23.4. The maximum absolute atomic E-state index is 13.2. The Hall–Kier alpha value is -4.37. The van der Waals surface area contributed by atoms with Crippen molar-refractivity contribution in [3.05, 3.63) is 82.5 Å². The van der Waals surface area contributed by atoms with E-state index in [0.29, 0.717) is 27.8 Å². The molecule has 0 saturated heterocycles. The lowest BCUT2D eigenvalue weighted by Crippen LogP contribution is -2.27. The van der Waals surface area contributed by atoms with Gasteiger partial charge in [0.25, 0.3) is 5.91 Å². The van der Waals surface area contributed by atoms with Crippen LogP contribution in [-0.4, -0.2) is 44.7 Å². The number of aromatic nitrogens is 1. The van der Waals surface area contributed by atoms with E-state index < -0.39 is 0 Å². The first-order valence-electron chi connectivity index (χ1n) is 11.1. The number of amides is 1. The zero-order valence-electron chi connectivity index (χ0n) is 20.3. The molecule has 182 valence electrons. The van der Waals surface area contributed by atoms with Gasteiger partial charge in [-0.15, -0.1) is 11.3 Å². The van der Waals surface area contributed by atoms with Crippen LogP contribution in [0.2, 0.25) is 0 Å². The van der Waals surface area contributed by atoms with Crippen molar-refractivity contribution in [2.75, 3.05) is 33.3 Å². The van der Waals surface area contributed by atoms with Crippen LogP contribution in [0.15, 0.2) is 82.2 Å². The van der Waals surface area contributed by atoms with E-state index >= 15 is 0 Å². The van der Waals surface area contributed by atoms with Gasteiger partial charge in [-0.3, -0.25) is 4.79 Å². The molecule has 8 nitrogen and oxygen atoms in total. The molecule has 0 unspecified atom stereocenters. The predicted molar refractivity (Wildman–Crippen MR) is 141 cm³/mol. The second-order valence-corrected chi connectivity index (χ2v) is 8.74. The topological polar surface area (TPSA) is 77.7 Å². The Balaban J connectivity index is 1.77. The molecule has 2 heterocycles. The lowest BCUT2D eigenvalue weighted by atomic mass is 10.1. The van der Waals surface area contributed by atoms with Gasteiger partial charge >= 0.3 is 0 Å². The van der Waals surface area contributed by atoms with Gasteiger partial charge < -0.3 is 19.1 Å². The molecule has 36 heavy (non-hydrogen) atoms. The Kier molecular flexibility index (Phi) is 6.30. The van der Waals surface area contributed by atoms with Crippen LogP contribution in [0.25, 0.3) is 11.3 Å². The number of rotatable bonds is 6. The lowest BCUT2D eigenvalue weighted by molar-refractivity contribution is -0.112. The van der Waals surface area contributed by atoms with Crippen molar-refractivity contribution >= 4 is 34.3 Å². The molecule has 0 saturated carbocycles. The van der Waals surface area contributed by atoms with Crippen LogP contribution < -0.4 is 23.9 Å². The summed E-state index contributed by atoms with van der Waals surface area (Å²) in [5, 5.41) is 6.81. The molecule has 0 radical (unpaired) electrons. The molecule has 3 aromatic carbocycles. The van der Waals surface area contributed by atoms with Crippen molar-refractivity contribution in [3.8, 4) is 28.5 Å². The Labute approximate surface area is 212 Å². The number of nitrogens with zero attached hydrogens (tertiary/aromatic N) is 4. The van der Waals surface area contributed by atoms with Crippen LogP contribution in [0, 0.1) is 0 Å². The minimum atomic E-state index is -0.184. The lowest BCUT2D eigenvalue weighted by Gasteiger charge is -2.14. The summed E-state index contributed by atoms with van der Waals surface area (Å²) in [6.45, 7) is 0. The molecule has 0 fully saturated rings. The zero-order valence-corrected chi connectivity index (χ0v) is 21.1. The number of anilines is 1. The largest absolute Gasteiger partial charge is 0.493 e. The van der Waals surface area contributed by atoms with Gasteiger partial charge in [0.05, 0.1) is 38.4 Å². The summed E-state index contributed by atoms with van der Waals surface area (Å²) >= 11 is 1.42. The molecule has 1 aliphatic heterocycles. The monoisotopic (exact) mass is 500 g/mol. The van der Waals surface area contributed by atoms with Crippen LogP contribution in [-0.2, 0) is 4.79 Å². The first-order valence-corrected chi connectivity index (χ1v) is 12.0. The second kappa shape index (κ2) is 9.71. The Bertz CT molecular complexity index is 1510. The summed E-state index contributed by atoms with van der Waals surface area (Å²) in [5.41, 5.74) is 4.20.